The van der Waals surface area contributed by atoms with E-state index in [1.54, 1.807) is 30.6 Å². The van der Waals surface area contributed by atoms with Crippen molar-refractivity contribution in [2.24, 2.45) is 5.10 Å². The van der Waals surface area contributed by atoms with Crippen LogP contribution in [0, 0.1) is 0 Å². The van der Waals surface area contributed by atoms with Crippen LogP contribution in [0.5, 0.6) is 0 Å². The predicted molar refractivity (Wildman–Crippen MR) is 97.7 cm³/mol. The predicted octanol–water partition coefficient (Wildman–Crippen LogP) is 3.32. The molecule has 0 saturated heterocycles. The van der Waals surface area contributed by atoms with Crippen LogP contribution >= 0.6 is 23.1 Å². The lowest BCUT2D eigenvalue weighted by Crippen LogP contribution is -2.28. The molecule has 3 rings (SSSR count). The number of thioether (sulfide) groups is 1. The second-order valence-electron chi connectivity index (χ2n) is 5.30. The molecule has 8 heteroatoms. The molecule has 2 aromatic heterocycles. The summed E-state index contributed by atoms with van der Waals surface area (Å²) in [6, 6.07) is 7.48. The first kappa shape index (κ1) is 17.8. The zero-order chi connectivity index (χ0) is 17.6. The number of hydrogen-bond donors (Lipinski definition) is 0. The average Bonchev–Trinajstić information content (AvgIpc) is 3.33. The number of amides is 1. The number of nitrogens with zero attached hydrogens (tertiary/aromatic N) is 2. The summed E-state index contributed by atoms with van der Waals surface area (Å²) in [6.45, 7) is 2.10. The first-order valence-electron chi connectivity index (χ1n) is 7.89. The highest BCUT2D eigenvalue weighted by Gasteiger charge is 2.34. The molecule has 6 nitrogen and oxygen atoms in total. The van der Waals surface area contributed by atoms with Gasteiger partial charge in [-0.1, -0.05) is 6.07 Å². The van der Waals surface area contributed by atoms with E-state index in [0.717, 1.165) is 10.6 Å². The van der Waals surface area contributed by atoms with E-state index in [1.165, 1.54) is 16.8 Å². The van der Waals surface area contributed by atoms with E-state index >= 15 is 0 Å². The SMILES string of the molecule is CCOC(=O)CSCC(=O)N1N=C(c2ccco2)CC1c1cccs1. The molecular formula is C17H18N2O4S2. The molecule has 0 N–H and O–H groups in total. The van der Waals surface area contributed by atoms with Gasteiger partial charge in [0.05, 0.1) is 30.4 Å². The maximum Gasteiger partial charge on any atom is 0.315 e. The number of esters is 1. The third-order valence-electron chi connectivity index (χ3n) is 3.59. The number of hydrazone groups is 1. The summed E-state index contributed by atoms with van der Waals surface area (Å²) in [6.07, 6.45) is 2.21. The van der Waals surface area contributed by atoms with Gasteiger partial charge < -0.3 is 9.15 Å². The van der Waals surface area contributed by atoms with Crippen molar-refractivity contribution in [3.63, 3.8) is 0 Å². The van der Waals surface area contributed by atoms with E-state index in [2.05, 4.69) is 5.10 Å². The Morgan fingerprint density at radius 3 is 2.96 bits per heavy atom. The van der Waals surface area contributed by atoms with E-state index in [0.29, 0.717) is 18.8 Å². The van der Waals surface area contributed by atoms with Crippen molar-refractivity contribution in [3.05, 3.63) is 46.5 Å². The maximum absolute atomic E-state index is 12.6. The minimum atomic E-state index is -0.309. The van der Waals surface area contributed by atoms with Crippen molar-refractivity contribution in [2.45, 2.75) is 19.4 Å². The van der Waals surface area contributed by atoms with Gasteiger partial charge in [-0.25, -0.2) is 5.01 Å². The van der Waals surface area contributed by atoms with Gasteiger partial charge in [0.25, 0.3) is 5.91 Å². The summed E-state index contributed by atoms with van der Waals surface area (Å²) in [5.41, 5.74) is 0.757. The topological polar surface area (TPSA) is 72.1 Å². The molecule has 0 radical (unpaired) electrons. The molecular weight excluding hydrogens is 360 g/mol. The van der Waals surface area contributed by atoms with Crippen LogP contribution in [0.3, 0.4) is 0 Å². The van der Waals surface area contributed by atoms with Crippen LogP contribution in [-0.4, -0.2) is 40.7 Å². The highest BCUT2D eigenvalue weighted by Crippen LogP contribution is 2.35. The second kappa shape index (κ2) is 8.35. The van der Waals surface area contributed by atoms with Crippen LogP contribution in [0.4, 0.5) is 0 Å². The molecule has 2 aromatic rings. The molecule has 25 heavy (non-hydrogen) atoms. The quantitative estimate of drug-likeness (QED) is 0.691. The molecule has 0 aromatic carbocycles. The van der Waals surface area contributed by atoms with Gasteiger partial charge in [-0.2, -0.15) is 5.10 Å². The Balaban J connectivity index is 1.68. The summed E-state index contributed by atoms with van der Waals surface area (Å²) in [5.74, 6) is 0.572. The highest BCUT2D eigenvalue weighted by atomic mass is 32.2. The van der Waals surface area contributed by atoms with E-state index < -0.39 is 0 Å². The molecule has 1 unspecified atom stereocenters. The van der Waals surface area contributed by atoms with Crippen LogP contribution in [-0.2, 0) is 14.3 Å². The van der Waals surface area contributed by atoms with Crippen LogP contribution < -0.4 is 0 Å². The first-order valence-corrected chi connectivity index (χ1v) is 9.92. The lowest BCUT2D eigenvalue weighted by atomic mass is 10.1. The number of furan rings is 1. The van der Waals surface area contributed by atoms with Crippen molar-refractivity contribution in [1.82, 2.24) is 5.01 Å². The van der Waals surface area contributed by atoms with Gasteiger partial charge >= 0.3 is 5.97 Å². The van der Waals surface area contributed by atoms with Gasteiger partial charge in [0, 0.05) is 11.3 Å². The van der Waals surface area contributed by atoms with Crippen molar-refractivity contribution < 1.29 is 18.7 Å². The van der Waals surface area contributed by atoms with E-state index in [-0.39, 0.29) is 29.4 Å². The fraction of sp³-hybridized carbons (Fsp3) is 0.353. The standard InChI is InChI=1S/C17H18N2O4S2/c1-2-22-17(21)11-24-10-16(20)19-13(15-6-4-8-25-15)9-12(18-19)14-5-3-7-23-14/h3-8,13H,2,9-11H2,1H3. The van der Waals surface area contributed by atoms with Crippen molar-refractivity contribution >= 4 is 40.7 Å². The van der Waals surface area contributed by atoms with E-state index in [1.807, 2.05) is 23.6 Å². The molecule has 0 aliphatic carbocycles. The number of thiophene rings is 1. The number of hydrogen-bond acceptors (Lipinski definition) is 7. The zero-order valence-electron chi connectivity index (χ0n) is 13.7. The molecule has 1 atom stereocenters. The fourth-order valence-corrected chi connectivity index (χ4v) is 4.00. The van der Waals surface area contributed by atoms with E-state index in [9.17, 15) is 9.59 Å². The largest absolute Gasteiger partial charge is 0.465 e. The molecule has 0 spiro atoms. The molecule has 0 saturated carbocycles. The molecule has 0 fully saturated rings. The van der Waals surface area contributed by atoms with Crippen LogP contribution in [0.1, 0.15) is 30.0 Å². The molecule has 132 valence electrons. The van der Waals surface area contributed by atoms with Gasteiger partial charge in [-0.15, -0.1) is 23.1 Å². The Hall–Kier alpha value is -2.06. The van der Waals surface area contributed by atoms with Crippen LogP contribution in [0.25, 0.3) is 0 Å². The van der Waals surface area contributed by atoms with Crippen molar-refractivity contribution in [1.29, 1.82) is 0 Å². The maximum atomic E-state index is 12.6. The smallest absolute Gasteiger partial charge is 0.315 e. The van der Waals surface area contributed by atoms with Crippen molar-refractivity contribution in [3.8, 4) is 0 Å². The van der Waals surface area contributed by atoms with Gasteiger partial charge in [0.15, 0.2) is 0 Å². The van der Waals surface area contributed by atoms with Crippen LogP contribution in [0.15, 0.2) is 45.4 Å². The number of carbonyl (C=O) groups is 2. The summed E-state index contributed by atoms with van der Waals surface area (Å²) in [4.78, 5) is 25.1. The Morgan fingerprint density at radius 1 is 1.40 bits per heavy atom. The first-order chi connectivity index (χ1) is 12.2. The summed E-state index contributed by atoms with van der Waals surface area (Å²) < 4.78 is 10.3. The Bertz CT molecular complexity index is 741. The van der Waals surface area contributed by atoms with Gasteiger partial charge in [0.1, 0.15) is 11.5 Å². The molecule has 0 bridgehead atoms. The van der Waals surface area contributed by atoms with E-state index in [4.69, 9.17) is 9.15 Å². The van der Waals surface area contributed by atoms with Gasteiger partial charge in [-0.3, -0.25) is 9.59 Å². The van der Waals surface area contributed by atoms with Crippen molar-refractivity contribution in [2.75, 3.05) is 18.1 Å². The Labute approximate surface area is 153 Å². The minimum absolute atomic E-state index is 0.129. The molecule has 1 aliphatic heterocycles. The number of carbonyl (C=O) groups excluding carboxylic acids is 2. The third-order valence-corrected chi connectivity index (χ3v) is 5.46. The zero-order valence-corrected chi connectivity index (χ0v) is 15.3. The Morgan fingerprint density at radius 2 is 2.28 bits per heavy atom. The van der Waals surface area contributed by atoms with Gasteiger partial charge in [-0.05, 0) is 30.5 Å². The summed E-state index contributed by atoms with van der Waals surface area (Å²) in [5, 5.41) is 7.99. The lowest BCUT2D eigenvalue weighted by molar-refractivity contribution is -0.139. The lowest BCUT2D eigenvalue weighted by Gasteiger charge is -2.20. The molecule has 1 aliphatic rings. The highest BCUT2D eigenvalue weighted by molar-refractivity contribution is 8.00. The second-order valence-corrected chi connectivity index (χ2v) is 7.26. The van der Waals surface area contributed by atoms with Gasteiger partial charge in [0.2, 0.25) is 0 Å². The number of ether oxygens (including phenoxy) is 1. The minimum Gasteiger partial charge on any atom is -0.465 e. The molecule has 1 amide bonds. The summed E-state index contributed by atoms with van der Waals surface area (Å²) >= 11 is 2.84. The average molecular weight is 378 g/mol. The monoisotopic (exact) mass is 378 g/mol. The van der Waals surface area contributed by atoms with Crippen LogP contribution in [0.2, 0.25) is 0 Å². The third kappa shape index (κ3) is 4.32. The Kier molecular flexibility index (Phi) is 5.93. The normalized spacial score (nSPS) is 16.8. The summed E-state index contributed by atoms with van der Waals surface area (Å²) in [7, 11) is 0. The molecule has 3 heterocycles. The number of rotatable bonds is 7. The fourth-order valence-electron chi connectivity index (χ4n) is 2.52.